The van der Waals surface area contributed by atoms with Crippen LogP contribution in [0.4, 0.5) is 4.39 Å². The molecule has 1 saturated heterocycles. The molecule has 1 aliphatic heterocycles. The zero-order chi connectivity index (χ0) is 23.3. The van der Waals surface area contributed by atoms with Gasteiger partial charge in [-0.1, -0.05) is 12.1 Å². The van der Waals surface area contributed by atoms with Crippen molar-refractivity contribution in [1.82, 2.24) is 25.1 Å². The maximum absolute atomic E-state index is 14.8. The number of aryl methyl sites for hydroxylation is 1. The summed E-state index contributed by atoms with van der Waals surface area (Å²) in [4.78, 5) is 11.3. The van der Waals surface area contributed by atoms with Crippen molar-refractivity contribution in [3.8, 4) is 39.5 Å². The number of hydrogen-bond donors (Lipinski definition) is 1. The third-order valence-corrected chi connectivity index (χ3v) is 5.84. The Labute approximate surface area is 197 Å². The lowest BCUT2D eigenvalue weighted by molar-refractivity contribution is 0.0322. The monoisotopic (exact) mass is 459 g/mol. The first-order chi connectivity index (χ1) is 16.7. The predicted octanol–water partition coefficient (Wildman–Crippen LogP) is 4.36. The first kappa shape index (κ1) is 22.2. The molecular formula is C26H26FN5O2. The minimum Gasteiger partial charge on any atom is -0.491 e. The Morgan fingerprint density at radius 2 is 1.94 bits per heavy atom. The first-order valence-electron chi connectivity index (χ1n) is 11.3. The predicted molar refractivity (Wildman–Crippen MR) is 128 cm³/mol. The molecule has 1 N–H and O–H groups in total. The number of aromatic nitrogens is 4. The topological polar surface area (TPSA) is 76.2 Å². The minimum absolute atomic E-state index is 0.337. The Morgan fingerprint density at radius 1 is 1.06 bits per heavy atom. The van der Waals surface area contributed by atoms with Crippen molar-refractivity contribution in [2.24, 2.45) is 0 Å². The second-order valence-corrected chi connectivity index (χ2v) is 8.19. The second kappa shape index (κ2) is 10.1. The summed E-state index contributed by atoms with van der Waals surface area (Å²) >= 11 is 0. The average molecular weight is 460 g/mol. The third kappa shape index (κ3) is 4.98. The van der Waals surface area contributed by atoms with Crippen LogP contribution >= 0.6 is 0 Å². The highest BCUT2D eigenvalue weighted by Crippen LogP contribution is 2.33. The van der Waals surface area contributed by atoms with Gasteiger partial charge < -0.3 is 9.47 Å². The van der Waals surface area contributed by atoms with Gasteiger partial charge in [0, 0.05) is 42.7 Å². The quantitative estimate of drug-likeness (QED) is 0.443. The van der Waals surface area contributed by atoms with Gasteiger partial charge in [0.15, 0.2) is 0 Å². The molecule has 7 nitrogen and oxygen atoms in total. The molecule has 3 aromatic heterocycles. The highest BCUT2D eigenvalue weighted by atomic mass is 19.1. The fourth-order valence-electron chi connectivity index (χ4n) is 4.01. The van der Waals surface area contributed by atoms with Crippen molar-refractivity contribution in [1.29, 1.82) is 0 Å². The summed E-state index contributed by atoms with van der Waals surface area (Å²) in [5, 5.41) is 7.29. The summed E-state index contributed by atoms with van der Waals surface area (Å²) in [5.74, 6) is 0.326. The molecule has 8 heteroatoms. The number of rotatable bonds is 7. The number of halogens is 1. The van der Waals surface area contributed by atoms with E-state index in [1.54, 1.807) is 30.6 Å². The van der Waals surface area contributed by atoms with E-state index in [2.05, 4.69) is 25.1 Å². The van der Waals surface area contributed by atoms with E-state index >= 15 is 0 Å². The van der Waals surface area contributed by atoms with Crippen molar-refractivity contribution in [2.75, 3.05) is 39.5 Å². The molecule has 0 spiro atoms. The van der Waals surface area contributed by atoms with E-state index in [0.29, 0.717) is 23.6 Å². The molecule has 1 fully saturated rings. The molecule has 0 radical (unpaired) electrons. The van der Waals surface area contributed by atoms with Gasteiger partial charge in [-0.2, -0.15) is 5.10 Å². The van der Waals surface area contributed by atoms with Crippen LogP contribution in [0.15, 0.2) is 60.9 Å². The second-order valence-electron chi connectivity index (χ2n) is 8.19. The van der Waals surface area contributed by atoms with Gasteiger partial charge in [-0.25, -0.2) is 4.39 Å². The molecule has 0 bridgehead atoms. The number of hydrogen-bond acceptors (Lipinski definition) is 6. The van der Waals surface area contributed by atoms with Crippen LogP contribution in [0.5, 0.6) is 5.75 Å². The molecule has 0 unspecified atom stereocenters. The lowest BCUT2D eigenvalue weighted by atomic mass is 10.00. The highest BCUT2D eigenvalue weighted by molar-refractivity contribution is 5.81. The molecule has 0 aliphatic carbocycles. The van der Waals surface area contributed by atoms with Crippen molar-refractivity contribution in [3.05, 3.63) is 72.4 Å². The molecule has 4 aromatic rings. The average Bonchev–Trinajstić information content (AvgIpc) is 3.36. The lowest BCUT2D eigenvalue weighted by Crippen LogP contribution is -2.38. The van der Waals surface area contributed by atoms with Crippen LogP contribution in [0.1, 0.15) is 5.69 Å². The van der Waals surface area contributed by atoms with Gasteiger partial charge in [-0.3, -0.25) is 20.0 Å². The minimum atomic E-state index is -0.337. The Hall–Kier alpha value is -3.62. The van der Waals surface area contributed by atoms with Crippen LogP contribution in [0.2, 0.25) is 0 Å². The lowest BCUT2D eigenvalue weighted by Gasteiger charge is -2.26. The number of nitrogens with one attached hydrogen (secondary N) is 1. The van der Waals surface area contributed by atoms with Gasteiger partial charge in [-0.15, -0.1) is 0 Å². The van der Waals surface area contributed by atoms with Crippen LogP contribution < -0.4 is 4.74 Å². The summed E-state index contributed by atoms with van der Waals surface area (Å²) in [6, 6.07) is 14.4. The number of H-pyrrole nitrogens is 1. The summed E-state index contributed by atoms with van der Waals surface area (Å²) in [6.45, 7) is 6.73. The largest absolute Gasteiger partial charge is 0.491 e. The zero-order valence-electron chi connectivity index (χ0n) is 19.0. The van der Waals surface area contributed by atoms with Crippen LogP contribution in [-0.4, -0.2) is 64.5 Å². The first-order valence-corrected chi connectivity index (χ1v) is 11.3. The van der Waals surface area contributed by atoms with Gasteiger partial charge in [0.1, 0.15) is 23.9 Å². The van der Waals surface area contributed by atoms with Crippen molar-refractivity contribution in [3.63, 3.8) is 0 Å². The number of pyridine rings is 2. The Morgan fingerprint density at radius 3 is 2.74 bits per heavy atom. The van der Waals surface area contributed by atoms with E-state index in [1.165, 1.54) is 6.07 Å². The molecule has 5 rings (SSSR count). The van der Waals surface area contributed by atoms with Crippen LogP contribution in [0.25, 0.3) is 33.8 Å². The molecule has 4 heterocycles. The van der Waals surface area contributed by atoms with Gasteiger partial charge in [0.2, 0.25) is 0 Å². The summed E-state index contributed by atoms with van der Waals surface area (Å²) in [7, 11) is 0. The van der Waals surface area contributed by atoms with E-state index in [9.17, 15) is 4.39 Å². The Bertz CT molecular complexity index is 1250. The van der Waals surface area contributed by atoms with Gasteiger partial charge in [-0.05, 0) is 48.9 Å². The number of nitrogens with zero attached hydrogens (tertiary/aromatic N) is 4. The van der Waals surface area contributed by atoms with E-state index in [1.807, 2.05) is 31.2 Å². The van der Waals surface area contributed by atoms with Gasteiger partial charge in [0.05, 0.1) is 30.8 Å². The van der Waals surface area contributed by atoms with Crippen LogP contribution in [-0.2, 0) is 4.74 Å². The van der Waals surface area contributed by atoms with Crippen LogP contribution in [0, 0.1) is 12.7 Å². The number of morpholine rings is 1. The SMILES string of the molecule is Cc1cccc(-c2n[nH]cc2-c2ccc(F)c(-c3ccc(OCCN4CCOCC4)cn3)c2)n1. The fraction of sp³-hybridized carbons (Fsp3) is 0.269. The molecule has 1 aliphatic rings. The van der Waals surface area contributed by atoms with Crippen LogP contribution in [0.3, 0.4) is 0 Å². The molecule has 174 valence electrons. The van der Waals surface area contributed by atoms with Crippen molar-refractivity contribution >= 4 is 0 Å². The van der Waals surface area contributed by atoms with E-state index in [4.69, 9.17) is 9.47 Å². The summed E-state index contributed by atoms with van der Waals surface area (Å²) in [5.41, 5.74) is 5.03. The van der Waals surface area contributed by atoms with Gasteiger partial charge in [0.25, 0.3) is 0 Å². The molecule has 0 saturated carbocycles. The summed E-state index contributed by atoms with van der Waals surface area (Å²) in [6.07, 6.45) is 3.44. The van der Waals surface area contributed by atoms with Crippen molar-refractivity contribution in [2.45, 2.75) is 6.92 Å². The fourth-order valence-corrected chi connectivity index (χ4v) is 4.01. The summed E-state index contributed by atoms with van der Waals surface area (Å²) < 4.78 is 26.0. The van der Waals surface area contributed by atoms with Crippen molar-refractivity contribution < 1.29 is 13.9 Å². The third-order valence-electron chi connectivity index (χ3n) is 5.84. The molecular weight excluding hydrogens is 433 g/mol. The number of ether oxygens (including phenoxy) is 2. The standard InChI is InChI=1S/C26H26FN5O2/c1-18-3-2-4-25(30-18)26-22(17-29-31-26)19-5-7-23(27)21(15-19)24-8-6-20(16-28-24)34-14-11-32-9-12-33-13-10-32/h2-8,15-17H,9-14H2,1H3,(H,29,31). The maximum atomic E-state index is 14.8. The molecule has 1 aromatic carbocycles. The maximum Gasteiger partial charge on any atom is 0.137 e. The van der Waals surface area contributed by atoms with E-state index < -0.39 is 0 Å². The highest BCUT2D eigenvalue weighted by Gasteiger charge is 2.15. The number of aromatic amines is 1. The Kier molecular flexibility index (Phi) is 6.60. The van der Waals surface area contributed by atoms with E-state index in [-0.39, 0.29) is 5.82 Å². The van der Waals surface area contributed by atoms with Gasteiger partial charge >= 0.3 is 0 Å². The molecule has 0 atom stereocenters. The zero-order valence-corrected chi connectivity index (χ0v) is 19.0. The normalized spacial score (nSPS) is 14.3. The Balaban J connectivity index is 1.33. The number of benzene rings is 1. The smallest absolute Gasteiger partial charge is 0.137 e. The van der Waals surface area contributed by atoms with E-state index in [0.717, 1.165) is 61.1 Å². The molecule has 34 heavy (non-hydrogen) atoms. The molecule has 0 amide bonds.